The van der Waals surface area contributed by atoms with Crippen LogP contribution in [-0.4, -0.2) is 40.8 Å². The molecule has 0 unspecified atom stereocenters. The third kappa shape index (κ3) is 641. The summed E-state index contributed by atoms with van der Waals surface area (Å²) in [5.74, 6) is 0. The van der Waals surface area contributed by atoms with Gasteiger partial charge in [-0.15, -0.1) is 0 Å². The van der Waals surface area contributed by atoms with Gasteiger partial charge < -0.3 is 24.9 Å². The van der Waals surface area contributed by atoms with Crippen molar-refractivity contribution in [1.29, 1.82) is 0 Å². The molecular formula is C2H6AlO8P3. The van der Waals surface area contributed by atoms with Crippen LogP contribution in [0.3, 0.4) is 0 Å². The second kappa shape index (κ2) is 68.6. The third-order valence-corrected chi connectivity index (χ3v) is 0.1000. The van der Waals surface area contributed by atoms with Gasteiger partial charge in [0.15, 0.2) is 0 Å². The first-order valence-corrected chi connectivity index (χ1v) is 4.42. The summed E-state index contributed by atoms with van der Waals surface area (Å²) < 4.78 is 25.0. The van der Waals surface area contributed by atoms with Crippen molar-refractivity contribution in [2.45, 2.75) is 0 Å². The Bertz CT molecular complexity index is 76.4. The van der Waals surface area contributed by atoms with Gasteiger partial charge in [-0.3, -0.25) is 13.7 Å². The zero-order chi connectivity index (χ0) is 11.5. The fourth-order valence-corrected chi connectivity index (χ4v) is 0. The molecule has 0 aromatic carbocycles. The van der Waals surface area contributed by atoms with Gasteiger partial charge in [-0.05, 0) is 0 Å². The Labute approximate surface area is 95.6 Å². The summed E-state index contributed by atoms with van der Waals surface area (Å²) in [6, 6.07) is 0. The van der Waals surface area contributed by atoms with E-state index in [1.807, 2.05) is 0 Å². The Kier molecular flexibility index (Phi) is 144. The molecule has 0 heterocycles. The van der Waals surface area contributed by atoms with Gasteiger partial charge >= 0.3 is 17.4 Å². The molecule has 0 spiro atoms. The summed E-state index contributed by atoms with van der Waals surface area (Å²) in [4.78, 5) is 25.0. The molecule has 0 aliphatic carbocycles. The maximum atomic E-state index is 8.35. The first-order chi connectivity index (χ1) is 6.16. The standard InChI is InChI=1S/C2H6O2.Al.3HO2P/c3-1-2-4;;3*1-3-2/h3-4H,1-2H2;;3*(H,1,2)/q;+3;;;/p-3. The van der Waals surface area contributed by atoms with E-state index in [0.717, 1.165) is 0 Å². The second-order valence-corrected chi connectivity index (χ2v) is 1.12. The van der Waals surface area contributed by atoms with E-state index >= 15 is 0 Å². The fraction of sp³-hybridized carbons (Fsp3) is 1.00. The predicted octanol–water partition coefficient (Wildman–Crippen LogP) is -2.75. The van der Waals surface area contributed by atoms with Crippen molar-refractivity contribution in [3.8, 4) is 0 Å². The van der Waals surface area contributed by atoms with Gasteiger partial charge in [0.05, 0.1) is 39.3 Å². The average molecular weight is 278 g/mol. The average Bonchev–Trinajstić information content (AvgIpc) is 2.08. The van der Waals surface area contributed by atoms with E-state index in [1.165, 1.54) is 0 Å². The Morgan fingerprint density at radius 2 is 0.857 bits per heavy atom. The van der Waals surface area contributed by atoms with Crippen LogP contribution in [0.15, 0.2) is 0 Å². The molecule has 14 heavy (non-hydrogen) atoms. The summed E-state index contributed by atoms with van der Waals surface area (Å²) in [6.45, 7) is -0.250. The molecule has 0 fully saturated rings. The summed E-state index contributed by atoms with van der Waals surface area (Å²) in [6.07, 6.45) is 0. The van der Waals surface area contributed by atoms with Crippen molar-refractivity contribution in [1.82, 2.24) is 0 Å². The van der Waals surface area contributed by atoms with E-state index in [9.17, 15) is 0 Å². The van der Waals surface area contributed by atoms with Crippen LogP contribution in [0.2, 0.25) is 0 Å². The maximum Gasteiger partial charge on any atom is 3.00 e. The minimum atomic E-state index is -1.08. The van der Waals surface area contributed by atoms with Crippen molar-refractivity contribution < 1.29 is 38.6 Å². The first-order valence-electron chi connectivity index (χ1n) is 2.23. The van der Waals surface area contributed by atoms with Gasteiger partial charge in [-0.1, -0.05) is 0 Å². The molecule has 0 rings (SSSR count). The molecular weight excluding hydrogens is 272 g/mol. The number of aliphatic hydroxyl groups is 2. The number of hydrogen-bond acceptors (Lipinski definition) is 8. The summed E-state index contributed by atoms with van der Waals surface area (Å²) in [5.41, 5.74) is 0. The molecule has 0 aliphatic rings. The minimum Gasteiger partial charge on any atom is -0.772 e. The Morgan fingerprint density at radius 1 is 0.786 bits per heavy atom. The molecule has 8 nitrogen and oxygen atoms in total. The van der Waals surface area contributed by atoms with Crippen molar-refractivity contribution in [2.75, 3.05) is 13.2 Å². The minimum absolute atomic E-state index is 0. The van der Waals surface area contributed by atoms with Crippen molar-refractivity contribution in [3.63, 3.8) is 0 Å². The normalized spacial score (nSPS) is 6.64. The molecule has 2 N–H and O–H groups in total. The molecule has 0 aromatic heterocycles. The molecule has 0 aromatic rings. The van der Waals surface area contributed by atoms with Gasteiger partial charge in [-0.25, -0.2) is 0 Å². The number of aliphatic hydroxyl groups excluding tert-OH is 2. The monoisotopic (exact) mass is 278 g/mol. The molecule has 0 atom stereocenters. The molecule has 0 aliphatic heterocycles. The van der Waals surface area contributed by atoms with E-state index in [2.05, 4.69) is 0 Å². The van der Waals surface area contributed by atoms with Gasteiger partial charge in [0.1, 0.15) is 0 Å². The van der Waals surface area contributed by atoms with E-state index in [1.54, 1.807) is 0 Å². The Balaban J connectivity index is -0.0000000254. The quantitative estimate of drug-likeness (QED) is 0.385. The first kappa shape index (κ1) is 29.3. The van der Waals surface area contributed by atoms with E-state index in [0.29, 0.717) is 0 Å². The van der Waals surface area contributed by atoms with Crippen LogP contribution in [0.5, 0.6) is 0 Å². The predicted molar refractivity (Wildman–Crippen MR) is 42.7 cm³/mol. The van der Waals surface area contributed by atoms with Crippen LogP contribution in [0.1, 0.15) is 0 Å². The maximum absolute atomic E-state index is 8.35. The van der Waals surface area contributed by atoms with Gasteiger partial charge in [0.25, 0.3) is 0 Å². The third-order valence-electron chi connectivity index (χ3n) is 0.1000. The molecule has 0 saturated carbocycles. The van der Waals surface area contributed by atoms with Gasteiger partial charge in [0.2, 0.25) is 0 Å². The van der Waals surface area contributed by atoms with Crippen molar-refractivity contribution in [2.24, 2.45) is 0 Å². The summed E-state index contributed by atoms with van der Waals surface area (Å²) >= 11 is 0. The van der Waals surface area contributed by atoms with Crippen LogP contribution >= 0.6 is 26.1 Å². The van der Waals surface area contributed by atoms with Crippen LogP contribution in [0.25, 0.3) is 0 Å². The van der Waals surface area contributed by atoms with Crippen molar-refractivity contribution >= 4 is 43.4 Å². The molecule has 12 heteroatoms. The van der Waals surface area contributed by atoms with Crippen LogP contribution in [0.4, 0.5) is 0 Å². The Hall–Kier alpha value is 0.632. The number of rotatable bonds is 1. The van der Waals surface area contributed by atoms with E-state index in [-0.39, 0.29) is 30.6 Å². The molecule has 0 radical (unpaired) electrons. The van der Waals surface area contributed by atoms with Crippen LogP contribution in [0, 0.1) is 0 Å². The summed E-state index contributed by atoms with van der Waals surface area (Å²) in [5, 5.41) is 15.2. The topological polar surface area (TPSA) is 161 Å². The van der Waals surface area contributed by atoms with Gasteiger partial charge in [0, 0.05) is 0 Å². The molecule has 0 amide bonds. The molecule has 0 bridgehead atoms. The largest absolute Gasteiger partial charge is 3.00 e. The SMILES string of the molecule is O=P[O-].O=P[O-].O=P[O-].OCCO.[Al+3]. The van der Waals surface area contributed by atoms with Gasteiger partial charge in [-0.2, -0.15) is 0 Å². The summed E-state index contributed by atoms with van der Waals surface area (Å²) in [7, 11) is -3.25. The zero-order valence-corrected chi connectivity index (χ0v) is 10.5. The van der Waals surface area contributed by atoms with Crippen LogP contribution < -0.4 is 14.7 Å². The zero-order valence-electron chi connectivity index (χ0n) is 6.68. The fourth-order valence-electron chi connectivity index (χ4n) is 0. The Morgan fingerprint density at radius 3 is 0.857 bits per heavy atom. The molecule has 80 valence electrons. The van der Waals surface area contributed by atoms with E-state index in [4.69, 9.17) is 38.6 Å². The second-order valence-electron chi connectivity index (χ2n) is 0.671. The number of hydrogen-bond donors (Lipinski definition) is 2. The molecule has 0 saturated heterocycles. The van der Waals surface area contributed by atoms with Crippen molar-refractivity contribution in [3.05, 3.63) is 0 Å². The van der Waals surface area contributed by atoms with E-state index < -0.39 is 26.1 Å². The smallest absolute Gasteiger partial charge is 0.772 e. The van der Waals surface area contributed by atoms with Crippen LogP contribution in [-0.2, 0) is 13.7 Å².